The molecule has 0 heterocycles. The lowest BCUT2D eigenvalue weighted by molar-refractivity contribution is 0.179. The Balaban J connectivity index is 3.68. The highest BCUT2D eigenvalue weighted by atomic mass is 33.1. The third-order valence-electron chi connectivity index (χ3n) is 0.796. The summed E-state index contributed by atoms with van der Waals surface area (Å²) in [5.74, 6) is 0. The van der Waals surface area contributed by atoms with Gasteiger partial charge in [0.2, 0.25) is 0 Å². The second-order valence-corrected chi connectivity index (χ2v) is 4.00. The topological polar surface area (TPSA) is 81.1 Å². The van der Waals surface area contributed by atoms with E-state index in [-0.39, 0.29) is 0 Å². The Morgan fingerprint density at radius 2 is 1.25 bits per heavy atom. The summed E-state index contributed by atoms with van der Waals surface area (Å²) in [6.07, 6.45) is -2.24. The van der Waals surface area contributed by atoms with Crippen LogP contribution in [0.1, 0.15) is 0 Å². The number of hydrogen-bond donors (Lipinski definition) is 2. The van der Waals surface area contributed by atoms with Crippen molar-refractivity contribution in [2.24, 2.45) is 0 Å². The molecule has 0 radical (unpaired) electrons. The smallest absolute Gasteiger partial charge is 0.417 e. The molecule has 6 nitrogen and oxygen atoms in total. The van der Waals surface area contributed by atoms with Gasteiger partial charge in [-0.05, 0) is 0 Å². The van der Waals surface area contributed by atoms with E-state index < -0.39 is 12.2 Å². The van der Waals surface area contributed by atoms with Gasteiger partial charge in [-0.15, -0.1) is 0 Å². The molecule has 0 aliphatic rings. The molecule has 12 heavy (non-hydrogen) atoms. The lowest BCUT2D eigenvalue weighted by atomic mass is 11.1. The van der Waals surface area contributed by atoms with Gasteiger partial charge in [0.05, 0.1) is 0 Å². The first-order chi connectivity index (χ1) is 5.45. The number of carboxylic acid groups (broad SMARTS) is 2. The van der Waals surface area contributed by atoms with Crippen LogP contribution in [0.3, 0.4) is 0 Å². The Labute approximate surface area is 77.2 Å². The molecule has 0 aromatic carbocycles. The Morgan fingerprint density at radius 3 is 1.42 bits per heavy atom. The average Bonchev–Trinajstić information content (AvgIpc) is 1.98. The van der Waals surface area contributed by atoms with Gasteiger partial charge in [-0.2, -0.15) is 0 Å². The van der Waals surface area contributed by atoms with Crippen LogP contribution in [0.4, 0.5) is 9.59 Å². The third-order valence-corrected chi connectivity index (χ3v) is 3.16. The third kappa shape index (κ3) is 4.19. The van der Waals surface area contributed by atoms with Gasteiger partial charge in [-0.25, -0.2) is 18.2 Å². The molecule has 2 N–H and O–H groups in total. The average molecular weight is 212 g/mol. The normalized spacial score (nSPS) is 9.17. The number of amides is 2. The number of carbonyl (C=O) groups is 2. The molecule has 2 amide bonds. The van der Waals surface area contributed by atoms with E-state index in [4.69, 9.17) is 10.2 Å². The van der Waals surface area contributed by atoms with Crippen LogP contribution in [0.5, 0.6) is 0 Å². The fourth-order valence-corrected chi connectivity index (χ4v) is 1.47. The quantitative estimate of drug-likeness (QED) is 0.544. The van der Waals surface area contributed by atoms with Gasteiger partial charge in [0.1, 0.15) is 0 Å². The van der Waals surface area contributed by atoms with Gasteiger partial charge >= 0.3 is 12.2 Å². The van der Waals surface area contributed by atoms with Crippen molar-refractivity contribution in [3.8, 4) is 0 Å². The van der Waals surface area contributed by atoms with Crippen LogP contribution in [0.2, 0.25) is 0 Å². The summed E-state index contributed by atoms with van der Waals surface area (Å²) in [4.78, 5) is 20.4. The molecule has 0 unspecified atom stereocenters. The van der Waals surface area contributed by atoms with Crippen molar-refractivity contribution in [3.05, 3.63) is 0 Å². The predicted molar refractivity (Wildman–Crippen MR) is 46.8 cm³/mol. The van der Waals surface area contributed by atoms with E-state index in [9.17, 15) is 9.59 Å². The number of rotatable bonds is 3. The largest absolute Gasteiger partial charge is 0.464 e. The summed E-state index contributed by atoms with van der Waals surface area (Å²) in [6.45, 7) is 0. The Hall–Kier alpha value is -0.760. The van der Waals surface area contributed by atoms with Crippen molar-refractivity contribution in [1.82, 2.24) is 8.61 Å². The van der Waals surface area contributed by atoms with E-state index in [1.807, 2.05) is 0 Å². The van der Waals surface area contributed by atoms with E-state index in [2.05, 4.69) is 0 Å². The van der Waals surface area contributed by atoms with E-state index in [0.717, 1.165) is 30.6 Å². The van der Waals surface area contributed by atoms with Crippen LogP contribution >= 0.6 is 22.0 Å². The van der Waals surface area contributed by atoms with Crippen LogP contribution in [-0.2, 0) is 0 Å². The minimum absolute atomic E-state index is 0.816. The highest BCUT2D eigenvalue weighted by Gasteiger charge is 2.11. The molecule has 0 fully saturated rings. The first kappa shape index (κ1) is 11.2. The summed E-state index contributed by atoms with van der Waals surface area (Å²) >= 11 is 0. The predicted octanol–water partition coefficient (Wildman–Crippen LogP) is 1.42. The molecule has 0 aromatic heterocycles. The zero-order chi connectivity index (χ0) is 9.72. The molecule has 0 aliphatic heterocycles. The Bertz CT molecular complexity index is 168. The van der Waals surface area contributed by atoms with Crippen LogP contribution in [0.25, 0.3) is 0 Å². The lowest BCUT2D eigenvalue weighted by Crippen LogP contribution is -2.19. The summed E-state index contributed by atoms with van der Waals surface area (Å²) in [6, 6.07) is 0. The minimum atomic E-state index is -1.12. The molecule has 70 valence electrons. The number of hydrogen-bond acceptors (Lipinski definition) is 4. The first-order valence-electron chi connectivity index (χ1n) is 2.73. The molecule has 0 spiro atoms. The molecule has 8 heteroatoms. The maximum absolute atomic E-state index is 10.2. The molecule has 0 bridgehead atoms. The van der Waals surface area contributed by atoms with Gasteiger partial charge < -0.3 is 10.2 Å². The van der Waals surface area contributed by atoms with E-state index >= 15 is 0 Å². The monoisotopic (exact) mass is 212 g/mol. The van der Waals surface area contributed by atoms with Gasteiger partial charge in [-0.1, -0.05) is 0 Å². The van der Waals surface area contributed by atoms with Gasteiger partial charge in [0.15, 0.2) is 0 Å². The zero-order valence-electron chi connectivity index (χ0n) is 6.42. The summed E-state index contributed by atoms with van der Waals surface area (Å²) in [7, 11) is 4.29. The van der Waals surface area contributed by atoms with Crippen LogP contribution in [0.15, 0.2) is 0 Å². The first-order valence-corrected chi connectivity index (χ1v) is 4.79. The molecule has 0 aliphatic carbocycles. The Morgan fingerprint density at radius 1 is 1.00 bits per heavy atom. The van der Waals surface area contributed by atoms with Crippen molar-refractivity contribution in [2.75, 3.05) is 14.1 Å². The SMILES string of the molecule is CN(SSN(C)C(=O)O)C(=O)O. The van der Waals surface area contributed by atoms with Crippen LogP contribution in [-0.4, -0.2) is 45.1 Å². The number of nitrogens with zero attached hydrogens (tertiary/aromatic N) is 2. The zero-order valence-corrected chi connectivity index (χ0v) is 8.05. The summed E-state index contributed by atoms with van der Waals surface area (Å²) in [5, 5.41) is 16.7. The molecule has 0 saturated heterocycles. The van der Waals surface area contributed by atoms with Crippen molar-refractivity contribution in [3.63, 3.8) is 0 Å². The van der Waals surface area contributed by atoms with Crippen molar-refractivity contribution in [2.45, 2.75) is 0 Å². The minimum Gasteiger partial charge on any atom is -0.464 e. The summed E-state index contributed by atoms with van der Waals surface area (Å²) < 4.78 is 1.81. The maximum atomic E-state index is 10.2. The Kier molecular flexibility index (Phi) is 4.67. The van der Waals surface area contributed by atoms with Crippen LogP contribution < -0.4 is 0 Å². The van der Waals surface area contributed by atoms with Gasteiger partial charge in [0.25, 0.3) is 0 Å². The maximum Gasteiger partial charge on any atom is 0.417 e. The molecular formula is C4H8N2O4S2. The van der Waals surface area contributed by atoms with E-state index in [1.54, 1.807) is 0 Å². The highest BCUT2D eigenvalue weighted by molar-refractivity contribution is 8.75. The molecule has 0 atom stereocenters. The van der Waals surface area contributed by atoms with Crippen molar-refractivity contribution < 1.29 is 19.8 Å². The second-order valence-electron chi connectivity index (χ2n) is 1.71. The summed E-state index contributed by atoms with van der Waals surface area (Å²) in [5.41, 5.74) is 0. The lowest BCUT2D eigenvalue weighted by Gasteiger charge is -2.14. The van der Waals surface area contributed by atoms with Gasteiger partial charge in [0, 0.05) is 36.1 Å². The molecule has 0 rings (SSSR count). The highest BCUT2D eigenvalue weighted by Crippen LogP contribution is 2.26. The molecule has 0 saturated carbocycles. The standard InChI is InChI=1S/C4H8N2O4S2/c1-5(3(7)8)11-12-6(2)4(9)10/h1-2H3,(H,7,8)(H,9,10). The van der Waals surface area contributed by atoms with Crippen molar-refractivity contribution in [1.29, 1.82) is 0 Å². The van der Waals surface area contributed by atoms with E-state index in [0.29, 0.717) is 0 Å². The van der Waals surface area contributed by atoms with Gasteiger partial charge in [-0.3, -0.25) is 0 Å². The molecular weight excluding hydrogens is 204 g/mol. The van der Waals surface area contributed by atoms with E-state index in [1.165, 1.54) is 14.1 Å². The van der Waals surface area contributed by atoms with Crippen LogP contribution in [0, 0.1) is 0 Å². The fraction of sp³-hybridized carbons (Fsp3) is 0.500. The molecule has 0 aromatic rings. The fourth-order valence-electron chi connectivity index (χ4n) is 0.164. The van der Waals surface area contributed by atoms with Crippen molar-refractivity contribution >= 4 is 34.1 Å². The second kappa shape index (κ2) is 4.99.